The molecule has 0 unspecified atom stereocenters. The zero-order valence-electron chi connectivity index (χ0n) is 22.2. The summed E-state index contributed by atoms with van der Waals surface area (Å²) >= 11 is 0. The maximum absolute atomic E-state index is 12.9. The third-order valence-corrected chi connectivity index (χ3v) is 5.54. The number of nitrogens with zero attached hydrogens (tertiary/aromatic N) is 2. The molecule has 0 N–H and O–H groups in total. The highest BCUT2D eigenvalue weighted by molar-refractivity contribution is 5.77. The fraction of sp³-hybridized carbons (Fsp3) is 0.741. The van der Waals surface area contributed by atoms with Gasteiger partial charge in [0, 0.05) is 13.1 Å². The minimum Gasteiger partial charge on any atom is -1.00 e. The average molecular weight is 514 g/mol. The molecule has 5 heteroatoms. The largest absolute Gasteiger partial charge is 1.00 e. The summed E-state index contributed by atoms with van der Waals surface area (Å²) in [6, 6.07) is 6.50. The molecule has 0 saturated carbocycles. The van der Waals surface area contributed by atoms with Crippen molar-refractivity contribution < 1.29 is 31.0 Å². The van der Waals surface area contributed by atoms with Crippen LogP contribution in [-0.2, 0) is 4.79 Å². The van der Waals surface area contributed by atoms with Gasteiger partial charge in [0.1, 0.15) is 5.75 Å². The van der Waals surface area contributed by atoms with Crippen LogP contribution in [0.5, 0.6) is 5.75 Å². The Hall–Kier alpha value is -1.07. The van der Waals surface area contributed by atoms with Crippen molar-refractivity contribution in [2.24, 2.45) is 11.8 Å². The minimum absolute atomic E-state index is 0. The molecule has 4 nitrogen and oxygen atoms in total. The molecule has 0 aromatic heterocycles. The van der Waals surface area contributed by atoms with Crippen LogP contribution in [0.4, 0.5) is 0 Å². The first-order chi connectivity index (χ1) is 14.4. The van der Waals surface area contributed by atoms with Crippen LogP contribution >= 0.6 is 0 Å². The van der Waals surface area contributed by atoms with Crippen LogP contribution in [0, 0.1) is 18.8 Å². The SMILES string of the molecule is Cc1ccc(C(C)C)c(OCCCCC[N+](C)(C)CC(=O)N(CC(C)C)CC(C)C)c1.[Br-]. The summed E-state index contributed by atoms with van der Waals surface area (Å²) in [6.45, 7) is 19.3. The molecule has 0 heterocycles. The van der Waals surface area contributed by atoms with Gasteiger partial charge in [-0.3, -0.25) is 4.79 Å². The second-order valence-corrected chi connectivity index (χ2v) is 11.0. The number of hydrogen-bond donors (Lipinski definition) is 0. The zero-order chi connectivity index (χ0) is 23.6. The number of rotatable bonds is 14. The normalized spacial score (nSPS) is 11.8. The van der Waals surface area contributed by atoms with Gasteiger partial charge in [0.2, 0.25) is 0 Å². The summed E-state index contributed by atoms with van der Waals surface area (Å²) in [7, 11) is 4.36. The van der Waals surface area contributed by atoms with E-state index in [0.29, 0.717) is 24.3 Å². The number of benzene rings is 1. The van der Waals surface area contributed by atoms with Crippen molar-refractivity contribution in [3.05, 3.63) is 29.3 Å². The zero-order valence-corrected chi connectivity index (χ0v) is 23.8. The maximum atomic E-state index is 12.9. The number of unbranched alkanes of at least 4 members (excludes halogenated alkanes) is 2. The van der Waals surface area contributed by atoms with Gasteiger partial charge in [0.15, 0.2) is 6.54 Å². The average Bonchev–Trinajstić information content (AvgIpc) is 2.62. The first kappa shape index (κ1) is 30.9. The number of aryl methyl sites for hydroxylation is 1. The highest BCUT2D eigenvalue weighted by Crippen LogP contribution is 2.27. The number of carbonyl (C=O) groups excluding carboxylic acids is 1. The number of quaternary nitrogens is 1. The van der Waals surface area contributed by atoms with E-state index >= 15 is 0 Å². The van der Waals surface area contributed by atoms with Gasteiger partial charge in [-0.05, 0) is 61.1 Å². The monoisotopic (exact) mass is 512 g/mol. The van der Waals surface area contributed by atoms with Crippen molar-refractivity contribution in [2.75, 3.05) is 46.9 Å². The van der Waals surface area contributed by atoms with Crippen LogP contribution in [0.1, 0.15) is 77.8 Å². The Labute approximate surface area is 209 Å². The lowest BCUT2D eigenvalue weighted by Gasteiger charge is -2.33. The Morgan fingerprint density at radius 3 is 2.09 bits per heavy atom. The summed E-state index contributed by atoms with van der Waals surface area (Å²) < 4.78 is 6.87. The topological polar surface area (TPSA) is 29.5 Å². The van der Waals surface area contributed by atoms with Crippen molar-refractivity contribution in [1.82, 2.24) is 4.90 Å². The van der Waals surface area contributed by atoms with E-state index in [-0.39, 0.29) is 22.9 Å². The molecule has 0 aliphatic carbocycles. The van der Waals surface area contributed by atoms with Crippen LogP contribution < -0.4 is 21.7 Å². The van der Waals surface area contributed by atoms with Crippen molar-refractivity contribution in [3.63, 3.8) is 0 Å². The van der Waals surface area contributed by atoms with Crippen molar-refractivity contribution in [3.8, 4) is 5.75 Å². The lowest BCUT2D eigenvalue weighted by molar-refractivity contribution is -0.883. The molecule has 1 amide bonds. The molecule has 0 aliphatic rings. The van der Waals surface area contributed by atoms with Crippen molar-refractivity contribution in [2.45, 2.75) is 73.6 Å². The molecule has 32 heavy (non-hydrogen) atoms. The number of amides is 1. The Morgan fingerprint density at radius 2 is 1.56 bits per heavy atom. The number of halogens is 1. The van der Waals surface area contributed by atoms with Gasteiger partial charge in [-0.15, -0.1) is 0 Å². The maximum Gasteiger partial charge on any atom is 0.277 e. The van der Waals surface area contributed by atoms with Crippen LogP contribution in [0.15, 0.2) is 18.2 Å². The second kappa shape index (κ2) is 15.0. The third kappa shape index (κ3) is 12.2. The Balaban J connectivity index is 0.00000961. The minimum atomic E-state index is 0. The second-order valence-electron chi connectivity index (χ2n) is 11.0. The van der Waals surface area contributed by atoms with Gasteiger partial charge in [-0.2, -0.15) is 0 Å². The van der Waals surface area contributed by atoms with E-state index in [1.165, 1.54) is 11.1 Å². The van der Waals surface area contributed by atoms with Crippen molar-refractivity contribution >= 4 is 5.91 Å². The molecule has 1 aromatic rings. The van der Waals surface area contributed by atoms with Crippen LogP contribution in [0.3, 0.4) is 0 Å². The van der Waals surface area contributed by atoms with E-state index in [4.69, 9.17) is 4.74 Å². The van der Waals surface area contributed by atoms with Gasteiger partial charge in [-0.1, -0.05) is 53.7 Å². The fourth-order valence-corrected chi connectivity index (χ4v) is 3.95. The quantitative estimate of drug-likeness (QED) is 0.283. The predicted octanol–water partition coefficient (Wildman–Crippen LogP) is 2.89. The van der Waals surface area contributed by atoms with Gasteiger partial charge in [0.05, 0.1) is 27.2 Å². The number of carbonyl (C=O) groups is 1. The number of likely N-dealkylation sites (N-methyl/N-ethyl adjacent to an activating group) is 1. The molecule has 0 saturated heterocycles. The molecule has 1 aromatic carbocycles. The van der Waals surface area contributed by atoms with Gasteiger partial charge in [-0.25, -0.2) is 0 Å². The molecule has 1 rings (SSSR count). The summed E-state index contributed by atoms with van der Waals surface area (Å²) in [6.07, 6.45) is 3.29. The third-order valence-electron chi connectivity index (χ3n) is 5.54. The van der Waals surface area contributed by atoms with E-state index in [1.54, 1.807) is 0 Å². The highest BCUT2D eigenvalue weighted by Gasteiger charge is 2.25. The summed E-state index contributed by atoms with van der Waals surface area (Å²) in [5.41, 5.74) is 2.53. The standard InChI is InChI=1S/C27H49N2O2.BrH/c1-21(2)18-28(19-22(3)4)27(30)20-29(8,9)15-11-10-12-16-31-26-17-24(7)13-14-25(26)23(5)6;/h13-14,17,21-23H,10-12,15-16,18-20H2,1-9H3;1H/q+1;/p-1. The smallest absolute Gasteiger partial charge is 0.277 e. The molecular weight excluding hydrogens is 464 g/mol. The summed E-state index contributed by atoms with van der Waals surface area (Å²) in [5, 5.41) is 0. The number of ether oxygens (including phenoxy) is 1. The molecule has 186 valence electrons. The van der Waals surface area contributed by atoms with Gasteiger partial charge in [0.25, 0.3) is 5.91 Å². The van der Waals surface area contributed by atoms with E-state index in [9.17, 15) is 4.79 Å². The lowest BCUT2D eigenvalue weighted by Crippen LogP contribution is -3.00. The highest BCUT2D eigenvalue weighted by atomic mass is 79.9. The van der Waals surface area contributed by atoms with Gasteiger partial charge < -0.3 is 31.1 Å². The Kier molecular flexibility index (Phi) is 14.5. The van der Waals surface area contributed by atoms with E-state index < -0.39 is 0 Å². The Bertz CT molecular complexity index is 662. The van der Waals surface area contributed by atoms with Crippen molar-refractivity contribution in [1.29, 1.82) is 0 Å². The first-order valence-electron chi connectivity index (χ1n) is 12.2. The first-order valence-corrected chi connectivity index (χ1v) is 12.2. The van der Waals surface area contributed by atoms with Crippen LogP contribution in [-0.4, -0.2) is 62.2 Å². The molecule has 0 radical (unpaired) electrons. The molecular formula is C27H49BrN2O2. The van der Waals surface area contributed by atoms with Crippen LogP contribution in [0.25, 0.3) is 0 Å². The molecule has 0 fully saturated rings. The van der Waals surface area contributed by atoms with E-state index in [1.807, 2.05) is 0 Å². The summed E-state index contributed by atoms with van der Waals surface area (Å²) in [4.78, 5) is 15.0. The molecule has 0 spiro atoms. The van der Waals surface area contributed by atoms with Crippen LogP contribution in [0.2, 0.25) is 0 Å². The number of hydrogen-bond acceptors (Lipinski definition) is 2. The lowest BCUT2D eigenvalue weighted by atomic mass is 10.0. The van der Waals surface area contributed by atoms with E-state index in [0.717, 1.165) is 55.7 Å². The van der Waals surface area contributed by atoms with E-state index in [2.05, 4.69) is 85.7 Å². The Morgan fingerprint density at radius 1 is 0.969 bits per heavy atom. The molecule has 0 aliphatic heterocycles. The molecule has 0 bridgehead atoms. The predicted molar refractivity (Wildman–Crippen MR) is 133 cm³/mol. The molecule has 0 atom stereocenters. The summed E-state index contributed by atoms with van der Waals surface area (Å²) in [5.74, 6) is 2.80. The fourth-order valence-electron chi connectivity index (χ4n) is 3.95. The van der Waals surface area contributed by atoms with Gasteiger partial charge >= 0.3 is 0 Å².